The molecule has 7 heteroatoms. The van der Waals surface area contributed by atoms with Crippen molar-refractivity contribution < 1.29 is 19.2 Å². The van der Waals surface area contributed by atoms with Crippen molar-refractivity contribution in [2.45, 2.75) is 38.1 Å². The first-order valence-electron chi connectivity index (χ1n) is 8.04. The van der Waals surface area contributed by atoms with Crippen LogP contribution < -0.4 is 0 Å². The van der Waals surface area contributed by atoms with Gasteiger partial charge in [0.05, 0.1) is 0 Å². The van der Waals surface area contributed by atoms with Crippen LogP contribution in [0.5, 0.6) is 0 Å². The number of likely N-dealkylation sites (tertiary alicyclic amines) is 1. The van der Waals surface area contributed by atoms with E-state index in [2.05, 4.69) is 10.1 Å². The lowest BCUT2D eigenvalue weighted by Gasteiger charge is -2.35. The maximum absolute atomic E-state index is 12.8. The number of benzene rings is 1. The third kappa shape index (κ3) is 3.61. The second-order valence-corrected chi connectivity index (χ2v) is 5.91. The van der Waals surface area contributed by atoms with Crippen molar-refractivity contribution >= 4 is 11.9 Å². The number of aromatic nitrogens is 2. The van der Waals surface area contributed by atoms with Gasteiger partial charge in [-0.25, -0.2) is 0 Å². The number of hydrogen-bond donors (Lipinski definition) is 1. The predicted molar refractivity (Wildman–Crippen MR) is 85.3 cm³/mol. The second kappa shape index (κ2) is 7.25. The van der Waals surface area contributed by atoms with E-state index >= 15 is 0 Å². The monoisotopic (exact) mass is 329 g/mol. The first-order chi connectivity index (χ1) is 11.6. The van der Waals surface area contributed by atoms with E-state index < -0.39 is 5.97 Å². The van der Waals surface area contributed by atoms with E-state index in [1.807, 2.05) is 4.90 Å². The van der Waals surface area contributed by atoms with Crippen LogP contribution in [-0.2, 0) is 4.79 Å². The fraction of sp³-hybridized carbons (Fsp3) is 0.412. The van der Waals surface area contributed by atoms with Crippen LogP contribution in [0.2, 0.25) is 0 Å². The second-order valence-electron chi connectivity index (χ2n) is 5.91. The third-order valence-electron chi connectivity index (χ3n) is 4.33. The highest BCUT2D eigenvalue weighted by atomic mass is 16.5. The number of amides is 1. The van der Waals surface area contributed by atoms with Crippen molar-refractivity contribution in [1.29, 1.82) is 0 Å². The van der Waals surface area contributed by atoms with Gasteiger partial charge in [0.2, 0.25) is 12.2 Å². The van der Waals surface area contributed by atoms with Crippen molar-refractivity contribution in [2.75, 3.05) is 6.54 Å². The van der Waals surface area contributed by atoms with Crippen molar-refractivity contribution in [3.63, 3.8) is 0 Å². The van der Waals surface area contributed by atoms with Gasteiger partial charge in [-0.05, 0) is 37.8 Å². The van der Waals surface area contributed by atoms with Crippen molar-refractivity contribution in [3.8, 4) is 11.4 Å². The highest BCUT2D eigenvalue weighted by Gasteiger charge is 2.27. The number of piperidine rings is 1. The average Bonchev–Trinajstić information content (AvgIpc) is 3.14. The van der Waals surface area contributed by atoms with Crippen molar-refractivity contribution in [3.05, 3.63) is 36.2 Å². The summed E-state index contributed by atoms with van der Waals surface area (Å²) >= 11 is 0. The summed E-state index contributed by atoms with van der Waals surface area (Å²) < 4.78 is 4.72. The quantitative estimate of drug-likeness (QED) is 0.905. The Morgan fingerprint density at radius 2 is 2.04 bits per heavy atom. The largest absolute Gasteiger partial charge is 0.481 e. The molecule has 0 radical (unpaired) electrons. The number of carbonyl (C=O) groups is 2. The Bertz CT molecular complexity index is 697. The first-order valence-corrected chi connectivity index (χ1v) is 8.04. The molecule has 24 heavy (non-hydrogen) atoms. The molecule has 1 unspecified atom stereocenters. The van der Waals surface area contributed by atoms with Gasteiger partial charge in [0.25, 0.3) is 5.91 Å². The lowest BCUT2D eigenvalue weighted by atomic mass is 9.96. The Morgan fingerprint density at radius 3 is 2.71 bits per heavy atom. The molecule has 2 heterocycles. The molecule has 126 valence electrons. The molecule has 0 aliphatic carbocycles. The predicted octanol–water partition coefficient (Wildman–Crippen LogP) is 2.60. The molecule has 1 aliphatic rings. The lowest BCUT2D eigenvalue weighted by Crippen LogP contribution is -2.43. The molecular weight excluding hydrogens is 310 g/mol. The molecule has 1 saturated heterocycles. The van der Waals surface area contributed by atoms with E-state index in [4.69, 9.17) is 9.63 Å². The summed E-state index contributed by atoms with van der Waals surface area (Å²) in [4.78, 5) is 29.4. The first kappa shape index (κ1) is 16.2. The number of rotatable bonds is 5. The summed E-state index contributed by atoms with van der Waals surface area (Å²) in [7, 11) is 0. The molecule has 1 atom stereocenters. The van der Waals surface area contributed by atoms with Crippen LogP contribution in [0.15, 0.2) is 35.2 Å². The summed E-state index contributed by atoms with van der Waals surface area (Å²) in [6.45, 7) is 0.676. The summed E-state index contributed by atoms with van der Waals surface area (Å²) in [6, 6.07) is 7.07. The fourth-order valence-corrected chi connectivity index (χ4v) is 3.08. The van der Waals surface area contributed by atoms with E-state index in [9.17, 15) is 9.59 Å². The zero-order valence-electron chi connectivity index (χ0n) is 13.2. The van der Waals surface area contributed by atoms with Gasteiger partial charge < -0.3 is 14.5 Å². The Labute approximate surface area is 139 Å². The SMILES string of the molecule is O=C(O)CCC1CCCCN1C(=O)c1ccc(-c2ncon2)cc1. The molecule has 1 fully saturated rings. The summed E-state index contributed by atoms with van der Waals surface area (Å²) in [5.74, 6) is -0.395. The maximum atomic E-state index is 12.8. The molecule has 1 aliphatic heterocycles. The average molecular weight is 329 g/mol. The van der Waals surface area contributed by atoms with E-state index in [0.717, 1.165) is 24.8 Å². The van der Waals surface area contributed by atoms with Gasteiger partial charge >= 0.3 is 5.97 Å². The van der Waals surface area contributed by atoms with Crippen molar-refractivity contribution in [2.24, 2.45) is 0 Å². The summed E-state index contributed by atoms with van der Waals surface area (Å²) in [5.41, 5.74) is 1.37. The van der Waals surface area contributed by atoms with Crippen molar-refractivity contribution in [1.82, 2.24) is 15.0 Å². The molecule has 1 amide bonds. The van der Waals surface area contributed by atoms with Gasteiger partial charge in [0, 0.05) is 30.1 Å². The highest BCUT2D eigenvalue weighted by molar-refractivity contribution is 5.95. The number of nitrogens with zero attached hydrogens (tertiary/aromatic N) is 3. The standard InChI is InChI=1S/C17H19N3O4/c21-15(22)9-8-14-3-1-2-10-20(14)17(23)13-6-4-12(5-7-13)16-18-11-24-19-16/h4-7,11,14H,1-3,8-10H2,(H,21,22). The Morgan fingerprint density at radius 1 is 1.25 bits per heavy atom. The van der Waals surface area contributed by atoms with Crippen LogP contribution in [0.1, 0.15) is 42.5 Å². The van der Waals surface area contributed by atoms with Crippen LogP contribution in [0.4, 0.5) is 0 Å². The summed E-state index contributed by atoms with van der Waals surface area (Å²) in [5, 5.41) is 12.7. The number of aliphatic carboxylic acids is 1. The zero-order valence-corrected chi connectivity index (χ0v) is 13.2. The maximum Gasteiger partial charge on any atom is 0.303 e. The minimum absolute atomic E-state index is 0.000710. The third-order valence-corrected chi connectivity index (χ3v) is 4.33. The minimum Gasteiger partial charge on any atom is -0.481 e. The number of carboxylic acid groups (broad SMARTS) is 1. The molecule has 3 rings (SSSR count). The molecule has 2 aromatic rings. The van der Waals surface area contributed by atoms with E-state index in [1.165, 1.54) is 6.39 Å². The van der Waals surface area contributed by atoms with Gasteiger partial charge in [0.15, 0.2) is 0 Å². The van der Waals surface area contributed by atoms with Crippen LogP contribution in [0.25, 0.3) is 11.4 Å². The molecular formula is C17H19N3O4. The highest BCUT2D eigenvalue weighted by Crippen LogP contribution is 2.24. The topological polar surface area (TPSA) is 96.5 Å². The van der Waals surface area contributed by atoms with Crippen LogP contribution in [-0.4, -0.2) is 44.6 Å². The molecule has 1 N–H and O–H groups in total. The Balaban J connectivity index is 1.72. The normalized spacial score (nSPS) is 17.7. The molecule has 0 spiro atoms. The lowest BCUT2D eigenvalue weighted by molar-refractivity contribution is -0.137. The number of hydrogen-bond acceptors (Lipinski definition) is 5. The molecule has 7 nitrogen and oxygen atoms in total. The van der Waals surface area contributed by atoms with Crippen LogP contribution >= 0.6 is 0 Å². The van der Waals surface area contributed by atoms with Gasteiger partial charge in [-0.2, -0.15) is 4.98 Å². The number of carboxylic acids is 1. The van der Waals surface area contributed by atoms with Gasteiger partial charge in [-0.3, -0.25) is 9.59 Å². The van der Waals surface area contributed by atoms with Crippen LogP contribution in [0, 0.1) is 0 Å². The molecule has 1 aromatic carbocycles. The summed E-state index contributed by atoms with van der Waals surface area (Å²) in [6.07, 6.45) is 4.70. The van der Waals surface area contributed by atoms with E-state index in [-0.39, 0.29) is 18.4 Å². The fourth-order valence-electron chi connectivity index (χ4n) is 3.08. The van der Waals surface area contributed by atoms with Gasteiger partial charge in [-0.15, -0.1) is 0 Å². The molecule has 0 bridgehead atoms. The van der Waals surface area contributed by atoms with Crippen LogP contribution in [0.3, 0.4) is 0 Å². The molecule has 1 aromatic heterocycles. The zero-order chi connectivity index (χ0) is 16.9. The molecule has 0 saturated carbocycles. The van der Waals surface area contributed by atoms with E-state index in [1.54, 1.807) is 24.3 Å². The minimum atomic E-state index is -0.822. The van der Waals surface area contributed by atoms with Gasteiger partial charge in [-0.1, -0.05) is 17.3 Å². The Kier molecular flexibility index (Phi) is 4.88. The smallest absolute Gasteiger partial charge is 0.303 e. The van der Waals surface area contributed by atoms with Gasteiger partial charge in [0.1, 0.15) is 0 Å². The van der Waals surface area contributed by atoms with E-state index in [0.29, 0.717) is 24.4 Å². The Hall–Kier alpha value is -2.70. The number of carbonyl (C=O) groups excluding carboxylic acids is 1.